The van der Waals surface area contributed by atoms with Crippen LogP contribution in [0.5, 0.6) is 0 Å². The first kappa shape index (κ1) is 11.9. The van der Waals surface area contributed by atoms with Crippen LogP contribution in [0.25, 0.3) is 0 Å². The minimum absolute atomic E-state index is 0. The summed E-state index contributed by atoms with van der Waals surface area (Å²) in [5, 5.41) is 13.6. The van der Waals surface area contributed by atoms with Crippen molar-refractivity contribution in [2.45, 2.75) is 5.54 Å². The summed E-state index contributed by atoms with van der Waals surface area (Å²) in [4.78, 5) is 20.2. The first-order chi connectivity index (χ1) is 6.18. The van der Waals surface area contributed by atoms with Crippen molar-refractivity contribution in [2.24, 2.45) is 0 Å². The fraction of sp³-hybridized carbons (Fsp3) is 0.714. The summed E-state index contributed by atoms with van der Waals surface area (Å²) in [6, 6.07) is 0. The Balaban J connectivity index is 0.00000169. The van der Waals surface area contributed by atoms with Crippen molar-refractivity contribution < 1.29 is 19.4 Å². The Morgan fingerprint density at radius 1 is 1.57 bits per heavy atom. The Bertz CT molecular complexity index is 208. The predicted octanol–water partition coefficient (Wildman–Crippen LogP) is -1.91. The monoisotopic (exact) mass is 444 g/mol. The van der Waals surface area contributed by atoms with Crippen molar-refractivity contribution in [2.75, 3.05) is 26.3 Å². The van der Waals surface area contributed by atoms with Gasteiger partial charge in [-0.05, 0) is 0 Å². The average Bonchev–Trinajstić information content (AvgIpc) is 2.02. The van der Waals surface area contributed by atoms with Crippen LogP contribution < -0.4 is 10.6 Å². The summed E-state index contributed by atoms with van der Waals surface area (Å²) in [5.41, 5.74) is -0.421. The van der Waals surface area contributed by atoms with Crippen LogP contribution in [0.4, 0.5) is 0 Å². The van der Waals surface area contributed by atoms with Crippen molar-refractivity contribution in [3.05, 3.63) is 0 Å². The molecule has 1 rings (SSSR count). The summed E-state index contributed by atoms with van der Waals surface area (Å²) in [6.07, 6.45) is 1.54. The van der Waals surface area contributed by atoms with Gasteiger partial charge in [0.05, 0.1) is 25.3 Å². The average molecular weight is 444 g/mol. The molecule has 0 aromatic carbocycles. The first-order valence-corrected chi connectivity index (χ1v) is 3.83. The number of rotatable bonds is 6. The predicted molar refractivity (Wildman–Crippen MR) is 42.9 cm³/mol. The normalized spacial score (nSPS) is 17.4. The van der Waals surface area contributed by atoms with Crippen molar-refractivity contribution >= 4 is 12.4 Å². The SMILES string of the molecule is O=[C-]NCC1(NCC(=O)O)COC1.[Fm]. The molecule has 0 unspecified atom stereocenters. The van der Waals surface area contributed by atoms with E-state index in [4.69, 9.17) is 9.84 Å². The van der Waals surface area contributed by atoms with E-state index in [0.717, 1.165) is 0 Å². The van der Waals surface area contributed by atoms with Gasteiger partial charge in [0, 0.05) is 6.54 Å². The number of carbonyl (C=O) groups excluding carboxylic acids is 1. The van der Waals surface area contributed by atoms with Crippen molar-refractivity contribution in [3.63, 3.8) is 0 Å². The van der Waals surface area contributed by atoms with Crippen LogP contribution >= 0.6 is 0 Å². The number of carboxylic acids is 1. The second-order valence-electron chi connectivity index (χ2n) is 2.98. The van der Waals surface area contributed by atoms with E-state index in [1.54, 1.807) is 0 Å². The van der Waals surface area contributed by atoms with Gasteiger partial charge in [0.1, 0.15) is 0 Å². The third kappa shape index (κ3) is 2.72. The maximum absolute atomic E-state index is 10.3. The molecular weight excluding hydrogens is 433 g/mol. The Hall–Kier alpha value is -2.14. The van der Waals surface area contributed by atoms with E-state index >= 15 is 0 Å². The quantitative estimate of drug-likeness (QED) is 0.329. The van der Waals surface area contributed by atoms with Gasteiger partial charge < -0.3 is 20.0 Å². The molecule has 0 atom stereocenters. The number of hydrogen-bond donors (Lipinski definition) is 3. The molecule has 14 heavy (non-hydrogen) atoms. The molecule has 3 N–H and O–H groups in total. The second-order valence-corrected chi connectivity index (χ2v) is 2.98. The molecule has 86 valence electrons. The number of amides is 1. The molecule has 1 aliphatic rings. The fourth-order valence-electron chi connectivity index (χ4n) is 1.08. The zero-order valence-electron chi connectivity index (χ0n) is 7.29. The molecule has 1 amide bonds. The molecule has 0 saturated carbocycles. The van der Waals surface area contributed by atoms with Crippen LogP contribution in [-0.4, -0.2) is 49.3 Å². The molecular formula is C7H11FmN2O4-. The van der Waals surface area contributed by atoms with Crippen molar-refractivity contribution in [1.29, 1.82) is 0 Å². The van der Waals surface area contributed by atoms with Gasteiger partial charge in [0.2, 0.25) is 0 Å². The van der Waals surface area contributed by atoms with Crippen molar-refractivity contribution in [1.82, 2.24) is 10.6 Å². The molecule has 6 nitrogen and oxygen atoms in total. The maximum atomic E-state index is 10.3. The van der Waals surface area contributed by atoms with E-state index in [1.165, 1.54) is 6.41 Å². The van der Waals surface area contributed by atoms with E-state index in [2.05, 4.69) is 10.6 Å². The Morgan fingerprint density at radius 3 is 2.57 bits per heavy atom. The summed E-state index contributed by atoms with van der Waals surface area (Å²) >= 11 is 0. The molecule has 0 spiro atoms. The molecule has 1 heterocycles. The van der Waals surface area contributed by atoms with Gasteiger partial charge in [-0.15, -0.1) is 0 Å². The molecule has 0 aromatic heterocycles. The number of nitrogens with one attached hydrogen (secondary N) is 2. The zero-order chi connectivity index (χ0) is 9.73. The van der Waals surface area contributed by atoms with E-state index in [-0.39, 0.29) is 6.54 Å². The molecule has 0 bridgehead atoms. The van der Waals surface area contributed by atoms with Crippen LogP contribution in [0.3, 0.4) is 0 Å². The van der Waals surface area contributed by atoms with Gasteiger partial charge in [-0.3, -0.25) is 10.1 Å². The van der Waals surface area contributed by atoms with Crippen LogP contribution in [-0.2, 0) is 14.3 Å². The fourth-order valence-corrected chi connectivity index (χ4v) is 1.08. The Labute approximate surface area is 75.3 Å². The summed E-state index contributed by atoms with van der Waals surface area (Å²) in [7, 11) is 0. The van der Waals surface area contributed by atoms with Crippen LogP contribution in [0.15, 0.2) is 0 Å². The molecule has 1 fully saturated rings. The Morgan fingerprint density at radius 2 is 2.21 bits per heavy atom. The molecule has 0 aromatic rings. The van der Waals surface area contributed by atoms with Gasteiger partial charge in [-0.2, -0.15) is 6.41 Å². The van der Waals surface area contributed by atoms with Gasteiger partial charge in [0.15, 0.2) is 0 Å². The minimum atomic E-state index is -0.929. The molecule has 1 saturated heterocycles. The number of carbonyl (C=O) groups is 1. The minimum Gasteiger partial charge on any atom is -0.528 e. The maximum Gasteiger partial charge on any atom is 0.317 e. The Kier molecular flexibility index (Phi) is 4.05. The van der Waals surface area contributed by atoms with Gasteiger partial charge in [-0.1, -0.05) is 0 Å². The van der Waals surface area contributed by atoms with Crippen LogP contribution in [0.2, 0.25) is 0 Å². The van der Waals surface area contributed by atoms with E-state index in [1.807, 2.05) is 0 Å². The second kappa shape index (κ2) is 4.78. The number of aliphatic carboxylic acids is 1. The molecule has 0 aliphatic carbocycles. The summed E-state index contributed by atoms with van der Waals surface area (Å²) in [5.74, 6) is -0.929. The third-order valence-electron chi connectivity index (χ3n) is 1.87. The third-order valence-corrected chi connectivity index (χ3v) is 1.87. The first-order valence-electron chi connectivity index (χ1n) is 3.83. The largest absolute Gasteiger partial charge is 0.528 e. The molecule has 1 aliphatic heterocycles. The molecule has 7 heteroatoms. The number of carboxylic acid groups (broad SMARTS) is 1. The number of hydrogen-bond acceptors (Lipinski definition) is 4. The van der Waals surface area contributed by atoms with Gasteiger partial charge >= 0.3 is 5.97 Å². The van der Waals surface area contributed by atoms with Crippen LogP contribution in [0, 0.1) is 0 Å². The number of ether oxygens (including phenoxy) is 1. The van der Waals surface area contributed by atoms with E-state index < -0.39 is 11.5 Å². The summed E-state index contributed by atoms with van der Waals surface area (Å²) in [6.45, 7) is 1.03. The van der Waals surface area contributed by atoms with Gasteiger partial charge in [-0.25, -0.2) is 0 Å². The van der Waals surface area contributed by atoms with Crippen molar-refractivity contribution in [3.8, 4) is 0 Å². The van der Waals surface area contributed by atoms with E-state index in [0.29, 0.717) is 19.8 Å². The van der Waals surface area contributed by atoms with E-state index in [9.17, 15) is 9.59 Å². The standard InChI is InChI=1S/C7H11N2O4.Fm/c10-5-8-2-7(3-13-4-7)9-1-6(11)12;/h9H,1-4H2,(H,8,10)(H,11,12);/q-1;. The zero-order valence-corrected chi connectivity index (χ0v) is 9.69. The smallest absolute Gasteiger partial charge is 0.317 e. The summed E-state index contributed by atoms with van der Waals surface area (Å²) < 4.78 is 4.94. The molecule has 0 radical (unpaired) electrons. The van der Waals surface area contributed by atoms with Crippen LogP contribution in [0.1, 0.15) is 0 Å². The topological polar surface area (TPSA) is 87.7 Å². The van der Waals surface area contributed by atoms with Gasteiger partial charge in [0.25, 0.3) is 0 Å².